The first-order valence-corrected chi connectivity index (χ1v) is 8.16. The fraction of sp³-hybridized carbons (Fsp3) is 0.100. The van der Waals surface area contributed by atoms with Crippen molar-refractivity contribution < 1.29 is 4.79 Å². The molecule has 2 N–H and O–H groups in total. The van der Waals surface area contributed by atoms with E-state index in [2.05, 4.69) is 32.7 Å². The Kier molecular flexibility index (Phi) is 5.53. The number of aromatic nitrogens is 2. The van der Waals surface area contributed by atoms with Gasteiger partial charge in [-0.2, -0.15) is 5.26 Å². The molecule has 128 valence electrons. The van der Waals surface area contributed by atoms with Crippen LogP contribution >= 0.6 is 0 Å². The lowest BCUT2D eigenvalue weighted by Gasteiger charge is -2.08. The molecule has 6 heteroatoms. The van der Waals surface area contributed by atoms with E-state index in [-0.39, 0.29) is 11.6 Å². The van der Waals surface area contributed by atoms with Crippen LogP contribution in [0.2, 0.25) is 0 Å². The highest BCUT2D eigenvalue weighted by molar-refractivity contribution is 6.03. The monoisotopic (exact) mass is 343 g/mol. The van der Waals surface area contributed by atoms with Gasteiger partial charge in [0.1, 0.15) is 17.8 Å². The molecule has 26 heavy (non-hydrogen) atoms. The highest BCUT2D eigenvalue weighted by Crippen LogP contribution is 2.12. The molecule has 0 fully saturated rings. The molecule has 0 saturated carbocycles. The number of rotatable bonds is 6. The lowest BCUT2D eigenvalue weighted by atomic mass is 10.1. The van der Waals surface area contributed by atoms with E-state index in [1.807, 2.05) is 24.3 Å². The van der Waals surface area contributed by atoms with E-state index in [4.69, 9.17) is 5.26 Å². The molecule has 0 aliphatic heterocycles. The van der Waals surface area contributed by atoms with E-state index in [0.717, 1.165) is 6.42 Å². The SMILES string of the molecule is N#Cc1cccc(NC(=O)c2cc(NCCc3ccccc3)ncn2)c1. The van der Waals surface area contributed by atoms with Gasteiger partial charge in [-0.1, -0.05) is 36.4 Å². The minimum atomic E-state index is -0.353. The largest absolute Gasteiger partial charge is 0.370 e. The fourth-order valence-electron chi connectivity index (χ4n) is 2.42. The second-order valence-electron chi connectivity index (χ2n) is 5.60. The minimum Gasteiger partial charge on any atom is -0.370 e. The Balaban J connectivity index is 1.61. The molecule has 2 aromatic carbocycles. The number of carbonyl (C=O) groups is 1. The Labute approximate surface area is 151 Å². The van der Waals surface area contributed by atoms with Gasteiger partial charge in [-0.25, -0.2) is 9.97 Å². The Hall–Kier alpha value is -3.72. The van der Waals surface area contributed by atoms with Crippen molar-refractivity contribution in [3.05, 3.63) is 83.8 Å². The van der Waals surface area contributed by atoms with Crippen molar-refractivity contribution in [3.8, 4) is 6.07 Å². The van der Waals surface area contributed by atoms with Crippen molar-refractivity contribution >= 4 is 17.4 Å². The van der Waals surface area contributed by atoms with Gasteiger partial charge in [0, 0.05) is 18.3 Å². The molecule has 0 unspecified atom stereocenters. The highest BCUT2D eigenvalue weighted by atomic mass is 16.1. The summed E-state index contributed by atoms with van der Waals surface area (Å²) in [4.78, 5) is 20.5. The van der Waals surface area contributed by atoms with Gasteiger partial charge >= 0.3 is 0 Å². The van der Waals surface area contributed by atoms with Gasteiger partial charge in [-0.3, -0.25) is 4.79 Å². The number of nitrogens with one attached hydrogen (secondary N) is 2. The van der Waals surface area contributed by atoms with Crippen LogP contribution in [0.3, 0.4) is 0 Å². The number of nitriles is 1. The van der Waals surface area contributed by atoms with E-state index < -0.39 is 0 Å². The second kappa shape index (κ2) is 8.40. The molecule has 0 aliphatic carbocycles. The molecule has 0 saturated heterocycles. The first-order chi connectivity index (χ1) is 12.7. The third-order valence-electron chi connectivity index (χ3n) is 3.71. The maximum Gasteiger partial charge on any atom is 0.274 e. The van der Waals surface area contributed by atoms with Crippen LogP contribution in [-0.2, 0) is 6.42 Å². The van der Waals surface area contributed by atoms with Crippen molar-refractivity contribution in [3.63, 3.8) is 0 Å². The molecule has 6 nitrogen and oxygen atoms in total. The Bertz CT molecular complexity index is 934. The summed E-state index contributed by atoms with van der Waals surface area (Å²) in [5, 5.41) is 14.9. The summed E-state index contributed by atoms with van der Waals surface area (Å²) in [6, 6.07) is 20.5. The van der Waals surface area contributed by atoms with E-state index in [0.29, 0.717) is 23.6 Å². The maximum absolute atomic E-state index is 12.3. The lowest BCUT2D eigenvalue weighted by Crippen LogP contribution is -2.15. The first kappa shape index (κ1) is 17.1. The zero-order valence-corrected chi connectivity index (χ0v) is 14.0. The summed E-state index contributed by atoms with van der Waals surface area (Å²) in [6.07, 6.45) is 2.21. The Morgan fingerprint density at radius 2 is 1.88 bits per heavy atom. The van der Waals surface area contributed by atoms with Crippen LogP contribution < -0.4 is 10.6 Å². The number of hydrogen-bond donors (Lipinski definition) is 2. The predicted octanol–water partition coefficient (Wildman–Crippen LogP) is 3.26. The minimum absolute atomic E-state index is 0.254. The summed E-state index contributed by atoms with van der Waals surface area (Å²) in [5.41, 5.74) is 2.51. The van der Waals surface area contributed by atoms with Gasteiger partial charge in [0.2, 0.25) is 0 Å². The summed E-state index contributed by atoms with van der Waals surface area (Å²) >= 11 is 0. The molecule has 3 aromatic rings. The summed E-state index contributed by atoms with van der Waals surface area (Å²) < 4.78 is 0. The predicted molar refractivity (Wildman–Crippen MR) is 99.8 cm³/mol. The van der Waals surface area contributed by atoms with Crippen LogP contribution in [0.1, 0.15) is 21.6 Å². The third-order valence-corrected chi connectivity index (χ3v) is 3.71. The molecule has 1 heterocycles. The topological polar surface area (TPSA) is 90.7 Å². The number of nitrogens with zero attached hydrogens (tertiary/aromatic N) is 3. The average molecular weight is 343 g/mol. The van der Waals surface area contributed by atoms with Crippen molar-refractivity contribution in [2.45, 2.75) is 6.42 Å². The van der Waals surface area contributed by atoms with E-state index in [9.17, 15) is 4.79 Å². The summed E-state index contributed by atoms with van der Waals surface area (Å²) in [5.74, 6) is 0.237. The quantitative estimate of drug-likeness (QED) is 0.717. The maximum atomic E-state index is 12.3. The average Bonchev–Trinajstić information content (AvgIpc) is 2.69. The van der Waals surface area contributed by atoms with Gasteiger partial charge in [-0.05, 0) is 30.2 Å². The van der Waals surface area contributed by atoms with Crippen LogP contribution in [0, 0.1) is 11.3 Å². The molecule has 0 spiro atoms. The van der Waals surface area contributed by atoms with E-state index in [1.54, 1.807) is 30.3 Å². The molecule has 0 bridgehead atoms. The zero-order valence-electron chi connectivity index (χ0n) is 14.0. The summed E-state index contributed by atoms with van der Waals surface area (Å²) in [7, 11) is 0. The number of carbonyl (C=O) groups excluding carboxylic acids is 1. The lowest BCUT2D eigenvalue weighted by molar-refractivity contribution is 0.102. The normalized spacial score (nSPS) is 9.96. The van der Waals surface area contributed by atoms with E-state index >= 15 is 0 Å². The smallest absolute Gasteiger partial charge is 0.274 e. The van der Waals surface area contributed by atoms with Gasteiger partial charge in [0.05, 0.1) is 11.6 Å². The Morgan fingerprint density at radius 3 is 2.69 bits per heavy atom. The van der Waals surface area contributed by atoms with Crippen LogP contribution in [0.25, 0.3) is 0 Å². The summed E-state index contributed by atoms with van der Waals surface area (Å²) in [6.45, 7) is 0.701. The van der Waals surface area contributed by atoms with Crippen LogP contribution in [0.4, 0.5) is 11.5 Å². The molecule has 3 rings (SSSR count). The van der Waals surface area contributed by atoms with Crippen molar-refractivity contribution in [1.29, 1.82) is 5.26 Å². The fourth-order valence-corrected chi connectivity index (χ4v) is 2.42. The van der Waals surface area contributed by atoms with Crippen molar-refractivity contribution in [1.82, 2.24) is 9.97 Å². The number of anilines is 2. The Morgan fingerprint density at radius 1 is 1.04 bits per heavy atom. The standard InChI is InChI=1S/C20H17N5O/c21-13-16-7-4-8-17(11-16)25-20(26)18-12-19(24-14-23-18)22-10-9-15-5-2-1-3-6-15/h1-8,11-12,14H,9-10H2,(H,25,26)(H,22,23,24). The molecule has 1 aromatic heterocycles. The first-order valence-electron chi connectivity index (χ1n) is 8.16. The van der Waals surface area contributed by atoms with Crippen LogP contribution in [-0.4, -0.2) is 22.4 Å². The van der Waals surface area contributed by atoms with Crippen LogP contribution in [0.5, 0.6) is 0 Å². The van der Waals surface area contributed by atoms with Gasteiger partial charge < -0.3 is 10.6 Å². The number of amides is 1. The highest BCUT2D eigenvalue weighted by Gasteiger charge is 2.09. The number of hydrogen-bond acceptors (Lipinski definition) is 5. The third kappa shape index (κ3) is 4.65. The van der Waals surface area contributed by atoms with Crippen molar-refractivity contribution in [2.75, 3.05) is 17.2 Å². The zero-order chi connectivity index (χ0) is 18.2. The van der Waals surface area contributed by atoms with Gasteiger partial charge in [0.15, 0.2) is 0 Å². The van der Waals surface area contributed by atoms with Crippen molar-refractivity contribution in [2.24, 2.45) is 0 Å². The number of benzene rings is 2. The molecular weight excluding hydrogens is 326 g/mol. The van der Waals surface area contributed by atoms with Gasteiger partial charge in [-0.15, -0.1) is 0 Å². The second-order valence-corrected chi connectivity index (χ2v) is 5.60. The molecule has 1 amide bonds. The van der Waals surface area contributed by atoms with Crippen LogP contribution in [0.15, 0.2) is 67.0 Å². The molecule has 0 atom stereocenters. The molecule has 0 radical (unpaired) electrons. The van der Waals surface area contributed by atoms with E-state index in [1.165, 1.54) is 11.9 Å². The van der Waals surface area contributed by atoms with Gasteiger partial charge in [0.25, 0.3) is 5.91 Å². The molecule has 0 aliphatic rings. The molecular formula is C20H17N5O.